The summed E-state index contributed by atoms with van der Waals surface area (Å²) >= 11 is 0. The Morgan fingerprint density at radius 2 is 2.16 bits per heavy atom. The lowest BCUT2D eigenvalue weighted by Crippen LogP contribution is -2.43. The molecule has 2 aromatic rings. The molecule has 4 rings (SSSR count). The van der Waals surface area contributed by atoms with Gasteiger partial charge in [0, 0.05) is 18.2 Å². The van der Waals surface area contributed by atoms with Crippen LogP contribution in [0.25, 0.3) is 0 Å². The van der Waals surface area contributed by atoms with Gasteiger partial charge < -0.3 is 10.1 Å². The Balaban J connectivity index is 1.55. The van der Waals surface area contributed by atoms with Crippen LogP contribution in [0.5, 0.6) is 5.75 Å². The number of amides is 2. The molecule has 0 bridgehead atoms. The number of sulfone groups is 1. The number of nitro benzene ring substituents is 1. The molecule has 0 spiro atoms. The van der Waals surface area contributed by atoms with Crippen LogP contribution in [0, 0.1) is 17.0 Å². The van der Waals surface area contributed by atoms with E-state index in [0.717, 1.165) is 4.90 Å². The Kier molecular flexibility index (Phi) is 5.13. The van der Waals surface area contributed by atoms with Gasteiger partial charge in [-0.05, 0) is 19.4 Å². The molecule has 1 unspecified atom stereocenters. The van der Waals surface area contributed by atoms with E-state index >= 15 is 0 Å². The highest BCUT2D eigenvalue weighted by Gasteiger charge is 2.32. The number of anilines is 2. The highest BCUT2D eigenvalue weighted by Crippen LogP contribution is 2.35. The Labute approximate surface area is 176 Å². The fourth-order valence-corrected chi connectivity index (χ4v) is 5.35. The van der Waals surface area contributed by atoms with Gasteiger partial charge in [-0.15, -0.1) is 0 Å². The quantitative estimate of drug-likeness (QED) is 0.520. The molecule has 1 aromatic heterocycles. The minimum absolute atomic E-state index is 0.0573. The molecule has 0 saturated carbocycles. The summed E-state index contributed by atoms with van der Waals surface area (Å²) in [5, 5.41) is 18.1. The maximum Gasteiger partial charge on any atom is 0.271 e. The third kappa shape index (κ3) is 4.21. The molecule has 31 heavy (non-hydrogen) atoms. The lowest BCUT2D eigenvalue weighted by molar-refractivity contribution is -0.384. The first kappa shape index (κ1) is 20.8. The van der Waals surface area contributed by atoms with E-state index in [2.05, 4.69) is 10.4 Å². The average Bonchev–Trinajstić information content (AvgIpc) is 3.24. The van der Waals surface area contributed by atoms with Crippen LogP contribution in [0.15, 0.2) is 24.3 Å². The van der Waals surface area contributed by atoms with Gasteiger partial charge in [0.2, 0.25) is 5.91 Å². The number of fused-ring (bicyclic) bond motifs is 1. The normalized spacial score (nSPS) is 19.6. The van der Waals surface area contributed by atoms with Crippen molar-refractivity contribution in [2.24, 2.45) is 0 Å². The number of nitro groups is 1. The number of carbonyl (C=O) groups excluding carboxylic acids is 2. The molecule has 164 valence electrons. The zero-order valence-electron chi connectivity index (χ0n) is 16.5. The monoisotopic (exact) mass is 449 g/mol. The summed E-state index contributed by atoms with van der Waals surface area (Å²) in [6, 6.07) is 5.04. The molecule has 1 fully saturated rings. The second-order valence-corrected chi connectivity index (χ2v) is 9.63. The average molecular weight is 449 g/mol. The lowest BCUT2D eigenvalue weighted by atomic mass is 10.2. The van der Waals surface area contributed by atoms with Gasteiger partial charge in [0.05, 0.1) is 33.9 Å². The van der Waals surface area contributed by atoms with Crippen LogP contribution in [-0.4, -0.2) is 59.6 Å². The molecule has 2 aliphatic heterocycles. The SMILES string of the molecule is Cc1cc(NC(=O)CN2C(=O)COc3ccc([N+](=O)[O-])cc32)n(C2CCS(=O)(=O)C2)n1. The van der Waals surface area contributed by atoms with Gasteiger partial charge in [0.15, 0.2) is 16.4 Å². The molecule has 0 aliphatic carbocycles. The summed E-state index contributed by atoms with van der Waals surface area (Å²) < 4.78 is 30.4. The van der Waals surface area contributed by atoms with Crippen molar-refractivity contribution in [1.29, 1.82) is 0 Å². The highest BCUT2D eigenvalue weighted by atomic mass is 32.2. The number of hydrogen-bond donors (Lipinski definition) is 1. The molecule has 13 heteroatoms. The van der Waals surface area contributed by atoms with Gasteiger partial charge in [-0.25, -0.2) is 13.1 Å². The van der Waals surface area contributed by atoms with E-state index in [1.165, 1.54) is 22.9 Å². The Morgan fingerprint density at radius 3 is 2.84 bits per heavy atom. The second kappa shape index (κ2) is 7.65. The van der Waals surface area contributed by atoms with E-state index in [4.69, 9.17) is 4.74 Å². The van der Waals surface area contributed by atoms with Crippen molar-refractivity contribution < 1.29 is 27.7 Å². The zero-order valence-corrected chi connectivity index (χ0v) is 17.3. The van der Waals surface area contributed by atoms with Crippen molar-refractivity contribution in [2.45, 2.75) is 19.4 Å². The largest absolute Gasteiger partial charge is 0.482 e. The number of aryl methyl sites for hydroxylation is 1. The van der Waals surface area contributed by atoms with Gasteiger partial charge in [-0.3, -0.25) is 24.6 Å². The van der Waals surface area contributed by atoms with E-state index in [0.29, 0.717) is 17.9 Å². The first-order valence-corrected chi connectivity index (χ1v) is 11.2. The number of nitrogens with one attached hydrogen (secondary N) is 1. The number of aromatic nitrogens is 2. The Bertz CT molecular complexity index is 1190. The molecule has 12 nitrogen and oxygen atoms in total. The summed E-state index contributed by atoms with van der Waals surface area (Å²) in [5.41, 5.74) is 0.494. The predicted molar refractivity (Wildman–Crippen MR) is 109 cm³/mol. The third-order valence-corrected chi connectivity index (χ3v) is 6.83. The molecular formula is C18H19N5O7S. The van der Waals surface area contributed by atoms with Crippen LogP contribution in [0.1, 0.15) is 18.2 Å². The van der Waals surface area contributed by atoms with Crippen LogP contribution in [0.4, 0.5) is 17.2 Å². The van der Waals surface area contributed by atoms with Crippen LogP contribution < -0.4 is 15.0 Å². The molecule has 1 saturated heterocycles. The minimum Gasteiger partial charge on any atom is -0.482 e. The van der Waals surface area contributed by atoms with Crippen molar-refractivity contribution in [3.05, 3.63) is 40.1 Å². The molecule has 1 N–H and O–H groups in total. The molecule has 0 radical (unpaired) electrons. The van der Waals surface area contributed by atoms with Crippen molar-refractivity contribution >= 4 is 38.8 Å². The first-order valence-electron chi connectivity index (χ1n) is 9.41. The molecular weight excluding hydrogens is 430 g/mol. The van der Waals surface area contributed by atoms with Crippen LogP contribution in [0.2, 0.25) is 0 Å². The number of rotatable bonds is 5. The zero-order chi connectivity index (χ0) is 22.3. The Morgan fingerprint density at radius 1 is 1.39 bits per heavy atom. The number of hydrogen-bond acceptors (Lipinski definition) is 8. The van der Waals surface area contributed by atoms with E-state index in [9.17, 15) is 28.1 Å². The first-order chi connectivity index (χ1) is 14.6. The third-order valence-electron chi connectivity index (χ3n) is 5.08. The summed E-state index contributed by atoms with van der Waals surface area (Å²) in [6.45, 7) is 1.02. The molecule has 2 amide bonds. The molecule has 2 aliphatic rings. The number of non-ortho nitro benzene ring substituents is 1. The highest BCUT2D eigenvalue weighted by molar-refractivity contribution is 7.91. The topological polar surface area (TPSA) is 154 Å². The van der Waals surface area contributed by atoms with E-state index in [-0.39, 0.29) is 41.3 Å². The predicted octanol–water partition coefficient (Wildman–Crippen LogP) is 0.823. The summed E-state index contributed by atoms with van der Waals surface area (Å²) in [7, 11) is -3.15. The van der Waals surface area contributed by atoms with Crippen LogP contribution in [0.3, 0.4) is 0 Å². The van der Waals surface area contributed by atoms with Crippen molar-refractivity contribution in [2.75, 3.05) is 34.9 Å². The van der Waals surface area contributed by atoms with Crippen molar-refractivity contribution in [3.8, 4) is 5.75 Å². The number of ether oxygens (including phenoxy) is 1. The maximum atomic E-state index is 12.7. The van der Waals surface area contributed by atoms with Crippen LogP contribution in [-0.2, 0) is 19.4 Å². The lowest BCUT2D eigenvalue weighted by Gasteiger charge is -2.28. The molecule has 3 heterocycles. The van der Waals surface area contributed by atoms with Gasteiger partial charge in [-0.1, -0.05) is 0 Å². The number of carbonyl (C=O) groups is 2. The number of nitrogens with zero attached hydrogens (tertiary/aromatic N) is 4. The van der Waals surface area contributed by atoms with E-state index in [1.54, 1.807) is 13.0 Å². The minimum atomic E-state index is -3.15. The van der Waals surface area contributed by atoms with Gasteiger partial charge in [0.25, 0.3) is 11.6 Å². The van der Waals surface area contributed by atoms with Gasteiger partial charge in [0.1, 0.15) is 18.1 Å². The van der Waals surface area contributed by atoms with Gasteiger partial charge in [-0.2, -0.15) is 5.10 Å². The molecule has 1 aromatic carbocycles. The number of benzene rings is 1. The fourth-order valence-electron chi connectivity index (χ4n) is 3.66. The van der Waals surface area contributed by atoms with Crippen molar-refractivity contribution in [3.63, 3.8) is 0 Å². The van der Waals surface area contributed by atoms with E-state index < -0.39 is 33.1 Å². The second-order valence-electron chi connectivity index (χ2n) is 7.40. The van der Waals surface area contributed by atoms with E-state index in [1.807, 2.05) is 0 Å². The standard InChI is InChI=1S/C18H19N5O7S/c1-11-6-16(22(20-11)13-4-5-31(28,29)10-13)19-17(24)8-21-14-7-12(23(26)27)2-3-15(14)30-9-18(21)25/h2-3,6-7,13H,4-5,8-10H2,1H3,(H,19,24). The Hall–Kier alpha value is -3.48. The van der Waals surface area contributed by atoms with Crippen molar-refractivity contribution in [1.82, 2.24) is 9.78 Å². The fraction of sp³-hybridized carbons (Fsp3) is 0.389. The summed E-state index contributed by atoms with van der Waals surface area (Å²) in [5.74, 6) is -0.498. The van der Waals surface area contributed by atoms with Gasteiger partial charge >= 0.3 is 0 Å². The smallest absolute Gasteiger partial charge is 0.271 e. The maximum absolute atomic E-state index is 12.7. The summed E-state index contributed by atoms with van der Waals surface area (Å²) in [4.78, 5) is 36.7. The molecule has 1 atom stereocenters. The summed E-state index contributed by atoms with van der Waals surface area (Å²) in [6.07, 6.45) is 0.394. The van der Waals surface area contributed by atoms with Crippen LogP contribution >= 0.6 is 0 Å².